The van der Waals surface area contributed by atoms with Crippen LogP contribution >= 0.6 is 39.3 Å². The number of hydrogen-bond acceptors (Lipinski definition) is 3. The van der Waals surface area contributed by atoms with Crippen LogP contribution in [0.15, 0.2) is 4.47 Å². The van der Waals surface area contributed by atoms with Crippen molar-refractivity contribution in [3.63, 3.8) is 0 Å². The van der Waals surface area contributed by atoms with Crippen molar-refractivity contribution in [2.24, 2.45) is 0 Å². The maximum absolute atomic E-state index is 6.31. The number of rotatable bonds is 2. The Hall–Kier alpha value is 0.200. The molecule has 0 N–H and O–H groups in total. The fourth-order valence-corrected chi connectivity index (χ4v) is 4.94. The normalized spacial score (nSPS) is 24.8. The maximum atomic E-state index is 6.31. The summed E-state index contributed by atoms with van der Waals surface area (Å²) < 4.78 is 0.922. The molecule has 1 atom stereocenters. The average molecular weight is 362 g/mol. The van der Waals surface area contributed by atoms with Crippen LogP contribution in [0.4, 0.5) is 0 Å². The highest BCUT2D eigenvalue weighted by Gasteiger charge is 2.26. The number of halogens is 2. The average Bonchev–Trinajstić information content (AvgIpc) is 2.96. The Morgan fingerprint density at radius 3 is 2.47 bits per heavy atom. The Bertz CT molecular complexity index is 457. The van der Waals surface area contributed by atoms with Crippen LogP contribution in [-0.2, 0) is 0 Å². The summed E-state index contributed by atoms with van der Waals surface area (Å²) in [5.74, 6) is 2.75. The highest BCUT2D eigenvalue weighted by Crippen LogP contribution is 2.42. The quantitative estimate of drug-likeness (QED) is 0.650. The molecule has 1 unspecified atom stereocenters. The molecular weight excluding hydrogens is 344 g/mol. The molecule has 0 aromatic carbocycles. The Morgan fingerprint density at radius 2 is 1.79 bits per heavy atom. The van der Waals surface area contributed by atoms with Crippen LogP contribution in [-0.4, -0.2) is 15.7 Å². The molecule has 1 aromatic heterocycles. The van der Waals surface area contributed by atoms with Gasteiger partial charge in [-0.2, -0.15) is 11.8 Å². The van der Waals surface area contributed by atoms with E-state index in [4.69, 9.17) is 16.6 Å². The molecule has 1 aliphatic carbocycles. The van der Waals surface area contributed by atoms with Gasteiger partial charge in [0.05, 0.1) is 15.4 Å². The summed E-state index contributed by atoms with van der Waals surface area (Å²) in [5.41, 5.74) is 1.15. The fourth-order valence-electron chi connectivity index (χ4n) is 3.01. The lowest BCUT2D eigenvalue weighted by molar-refractivity contribution is 0.638. The highest BCUT2D eigenvalue weighted by atomic mass is 79.9. The van der Waals surface area contributed by atoms with Gasteiger partial charge in [-0.1, -0.05) is 30.9 Å². The molecule has 2 heterocycles. The topological polar surface area (TPSA) is 25.8 Å². The summed E-state index contributed by atoms with van der Waals surface area (Å²) >= 11 is 11.9. The molecule has 0 spiro atoms. The lowest BCUT2D eigenvalue weighted by Gasteiger charge is -2.22. The minimum absolute atomic E-state index is 0.444. The van der Waals surface area contributed by atoms with E-state index in [2.05, 4.69) is 20.9 Å². The third kappa shape index (κ3) is 3.11. The summed E-state index contributed by atoms with van der Waals surface area (Å²) in [5, 5.41) is 1.04. The largest absolute Gasteiger partial charge is 0.235 e. The number of nitrogens with zero attached hydrogens (tertiary/aromatic N) is 2. The van der Waals surface area contributed by atoms with Gasteiger partial charge in [-0.25, -0.2) is 9.97 Å². The molecule has 2 nitrogen and oxygen atoms in total. The molecule has 0 radical (unpaired) electrons. The van der Waals surface area contributed by atoms with Crippen LogP contribution in [0.1, 0.15) is 67.6 Å². The maximum Gasteiger partial charge on any atom is 0.147 e. The smallest absolute Gasteiger partial charge is 0.147 e. The first-order valence-corrected chi connectivity index (χ1v) is 9.32. The fraction of sp³-hybridized carbons (Fsp3) is 0.714. The molecule has 2 aliphatic rings. The van der Waals surface area contributed by atoms with Crippen molar-refractivity contribution in [2.45, 2.75) is 56.1 Å². The van der Waals surface area contributed by atoms with E-state index in [1.165, 1.54) is 50.7 Å². The summed E-state index contributed by atoms with van der Waals surface area (Å²) in [4.78, 5) is 9.39. The molecule has 104 valence electrons. The zero-order valence-corrected chi connectivity index (χ0v) is 14.0. The van der Waals surface area contributed by atoms with Crippen molar-refractivity contribution < 1.29 is 0 Å². The molecule has 19 heavy (non-hydrogen) atoms. The van der Waals surface area contributed by atoms with Crippen molar-refractivity contribution in [2.75, 3.05) is 5.75 Å². The van der Waals surface area contributed by atoms with E-state index in [0.717, 1.165) is 16.0 Å². The van der Waals surface area contributed by atoms with Gasteiger partial charge in [0.25, 0.3) is 0 Å². The van der Waals surface area contributed by atoms with E-state index in [0.29, 0.717) is 16.3 Å². The standard InChI is InChI=1S/C14H18BrClN2S/c15-11-12(9-5-1-2-6-9)17-14(18-13(11)16)10-7-3-4-8-19-10/h9-10H,1-8H2. The SMILES string of the molecule is Clc1nc(C2CCCCS2)nc(C2CCCC2)c1Br. The minimum Gasteiger partial charge on any atom is -0.235 e. The zero-order valence-electron chi connectivity index (χ0n) is 10.9. The Morgan fingerprint density at radius 1 is 1.05 bits per heavy atom. The summed E-state index contributed by atoms with van der Waals surface area (Å²) in [6.07, 6.45) is 8.89. The van der Waals surface area contributed by atoms with Gasteiger partial charge in [0.15, 0.2) is 0 Å². The van der Waals surface area contributed by atoms with Gasteiger partial charge in [0.1, 0.15) is 11.0 Å². The van der Waals surface area contributed by atoms with Crippen LogP contribution in [0.2, 0.25) is 5.15 Å². The van der Waals surface area contributed by atoms with E-state index in [9.17, 15) is 0 Å². The summed E-state index contributed by atoms with van der Waals surface area (Å²) in [7, 11) is 0. The lowest BCUT2D eigenvalue weighted by Crippen LogP contribution is -2.10. The zero-order chi connectivity index (χ0) is 13.2. The molecule has 0 bridgehead atoms. The number of aromatic nitrogens is 2. The summed E-state index contributed by atoms with van der Waals surface area (Å²) in [6, 6.07) is 0. The van der Waals surface area contributed by atoms with Crippen LogP contribution in [0.25, 0.3) is 0 Å². The number of hydrogen-bond donors (Lipinski definition) is 0. The van der Waals surface area contributed by atoms with Crippen molar-refractivity contribution in [1.82, 2.24) is 9.97 Å². The molecule has 2 fully saturated rings. The van der Waals surface area contributed by atoms with E-state index >= 15 is 0 Å². The predicted octanol–water partition coefficient (Wildman–Crippen LogP) is 5.51. The molecule has 1 saturated carbocycles. The third-order valence-corrected chi connectivity index (χ3v) is 6.72. The van der Waals surface area contributed by atoms with Crippen LogP contribution in [0, 0.1) is 0 Å². The van der Waals surface area contributed by atoms with E-state index in [-0.39, 0.29) is 0 Å². The predicted molar refractivity (Wildman–Crippen MR) is 85.0 cm³/mol. The Kier molecular flexibility index (Phi) is 4.70. The van der Waals surface area contributed by atoms with Crippen LogP contribution in [0.5, 0.6) is 0 Å². The van der Waals surface area contributed by atoms with Crippen LogP contribution < -0.4 is 0 Å². The van der Waals surface area contributed by atoms with Gasteiger partial charge < -0.3 is 0 Å². The van der Waals surface area contributed by atoms with E-state index < -0.39 is 0 Å². The number of thioether (sulfide) groups is 1. The van der Waals surface area contributed by atoms with Gasteiger partial charge in [0.2, 0.25) is 0 Å². The molecular formula is C14H18BrClN2S. The van der Waals surface area contributed by atoms with Crippen molar-refractivity contribution >= 4 is 39.3 Å². The van der Waals surface area contributed by atoms with Gasteiger partial charge in [-0.15, -0.1) is 0 Å². The second-order valence-corrected chi connectivity index (χ2v) is 7.87. The highest BCUT2D eigenvalue weighted by molar-refractivity contribution is 9.10. The van der Waals surface area contributed by atoms with E-state index in [1.54, 1.807) is 0 Å². The summed E-state index contributed by atoms with van der Waals surface area (Å²) in [6.45, 7) is 0. The van der Waals surface area contributed by atoms with Crippen molar-refractivity contribution in [3.8, 4) is 0 Å². The lowest BCUT2D eigenvalue weighted by atomic mass is 10.0. The Labute approximate surface area is 132 Å². The first kappa shape index (κ1) is 14.2. The van der Waals surface area contributed by atoms with Gasteiger partial charge in [-0.05, 0) is 47.4 Å². The van der Waals surface area contributed by atoms with Gasteiger partial charge in [-0.3, -0.25) is 0 Å². The first-order valence-electron chi connectivity index (χ1n) is 7.10. The molecule has 1 aliphatic heterocycles. The van der Waals surface area contributed by atoms with Crippen molar-refractivity contribution in [1.29, 1.82) is 0 Å². The molecule has 5 heteroatoms. The molecule has 1 aromatic rings. The monoisotopic (exact) mass is 360 g/mol. The second kappa shape index (κ2) is 6.31. The van der Waals surface area contributed by atoms with Crippen molar-refractivity contribution in [3.05, 3.63) is 21.1 Å². The first-order chi connectivity index (χ1) is 9.25. The molecule has 1 saturated heterocycles. The molecule has 3 rings (SSSR count). The van der Waals surface area contributed by atoms with Crippen LogP contribution in [0.3, 0.4) is 0 Å². The van der Waals surface area contributed by atoms with Gasteiger partial charge in [0, 0.05) is 5.92 Å². The second-order valence-electron chi connectivity index (χ2n) is 5.41. The molecule has 0 amide bonds. The minimum atomic E-state index is 0.444. The van der Waals surface area contributed by atoms with Gasteiger partial charge >= 0.3 is 0 Å². The third-order valence-electron chi connectivity index (χ3n) is 4.06. The Balaban J connectivity index is 1.92. The van der Waals surface area contributed by atoms with E-state index in [1.807, 2.05) is 11.8 Å².